The summed E-state index contributed by atoms with van der Waals surface area (Å²) in [5.74, 6) is -4.27. The number of carbonyl (C=O) groups excluding carboxylic acids is 2. The first-order valence-corrected chi connectivity index (χ1v) is 12.9. The summed E-state index contributed by atoms with van der Waals surface area (Å²) in [6.45, 7) is 3.56. The molecule has 0 bridgehead atoms. The molecule has 2 amide bonds. The monoisotopic (exact) mass is 564 g/mol. The van der Waals surface area contributed by atoms with Crippen molar-refractivity contribution in [3.8, 4) is 11.1 Å². The minimum Gasteiger partial charge on any atom is -0.405 e. The molecule has 8 nitrogen and oxygen atoms in total. The Labute approximate surface area is 227 Å². The molecule has 40 heavy (non-hydrogen) atoms. The van der Waals surface area contributed by atoms with Crippen molar-refractivity contribution >= 4 is 23.3 Å². The van der Waals surface area contributed by atoms with Crippen molar-refractivity contribution in [2.75, 3.05) is 5.32 Å². The van der Waals surface area contributed by atoms with Crippen molar-refractivity contribution in [2.45, 2.75) is 57.8 Å². The highest BCUT2D eigenvalue weighted by Gasteiger charge is 2.48. The number of aliphatic imine (C=N–C) groups is 1. The Balaban J connectivity index is 1.61. The second-order valence-electron chi connectivity index (χ2n) is 10.2. The first-order valence-electron chi connectivity index (χ1n) is 12.9. The number of hydrogen-bond acceptors (Lipinski definition) is 6. The number of anilines is 1. The molecule has 0 saturated heterocycles. The molecule has 2 saturated carbocycles. The number of alkyl halides is 3. The van der Waals surface area contributed by atoms with Crippen LogP contribution in [0.15, 0.2) is 41.8 Å². The summed E-state index contributed by atoms with van der Waals surface area (Å²) in [6, 6.07) is 0.843. The third-order valence-electron chi connectivity index (χ3n) is 6.74. The quantitative estimate of drug-likeness (QED) is 0.221. The van der Waals surface area contributed by atoms with E-state index in [0.717, 1.165) is 37.8 Å². The van der Waals surface area contributed by atoms with Crippen LogP contribution >= 0.6 is 0 Å². The summed E-state index contributed by atoms with van der Waals surface area (Å²) in [6.07, 6.45) is 2.09. The molecular weight excluding hydrogens is 535 g/mol. The van der Waals surface area contributed by atoms with Gasteiger partial charge in [0.1, 0.15) is 23.1 Å². The van der Waals surface area contributed by atoms with Crippen LogP contribution in [0.4, 0.5) is 27.8 Å². The molecule has 4 N–H and O–H groups in total. The highest BCUT2D eigenvalue weighted by atomic mass is 19.4. The van der Waals surface area contributed by atoms with Crippen molar-refractivity contribution in [2.24, 2.45) is 28.5 Å². The maximum Gasteiger partial charge on any atom is 0.419 e. The van der Waals surface area contributed by atoms with Gasteiger partial charge in [-0.1, -0.05) is 0 Å². The minimum absolute atomic E-state index is 0.0401. The van der Waals surface area contributed by atoms with Gasteiger partial charge in [-0.3, -0.25) is 19.6 Å². The smallest absolute Gasteiger partial charge is 0.405 e. The summed E-state index contributed by atoms with van der Waals surface area (Å²) < 4.78 is 69.2. The molecule has 1 unspecified atom stereocenters. The van der Waals surface area contributed by atoms with Gasteiger partial charge in [0.25, 0.3) is 5.91 Å². The van der Waals surface area contributed by atoms with Crippen molar-refractivity contribution in [3.63, 3.8) is 0 Å². The van der Waals surface area contributed by atoms with Gasteiger partial charge >= 0.3 is 6.18 Å². The number of nitrogens with two attached hydrogens (primary N) is 1. The lowest BCUT2D eigenvalue weighted by atomic mass is 9.88. The first kappa shape index (κ1) is 29.1. The van der Waals surface area contributed by atoms with E-state index in [9.17, 15) is 31.5 Å². The Morgan fingerprint density at radius 1 is 1.07 bits per heavy atom. The zero-order chi connectivity index (χ0) is 29.2. The highest BCUT2D eigenvalue weighted by molar-refractivity contribution is 6.43. The molecule has 2 aliphatic rings. The van der Waals surface area contributed by atoms with Gasteiger partial charge in [0.15, 0.2) is 5.82 Å². The average Bonchev–Trinajstić information content (AvgIpc) is 3.78. The zero-order valence-corrected chi connectivity index (χ0v) is 21.8. The van der Waals surface area contributed by atoms with Gasteiger partial charge in [0.05, 0.1) is 6.20 Å². The van der Waals surface area contributed by atoms with E-state index < -0.39 is 52.5 Å². The van der Waals surface area contributed by atoms with Crippen molar-refractivity contribution in [3.05, 3.63) is 54.1 Å². The molecule has 0 aromatic carbocycles. The normalized spacial score (nSPS) is 17.0. The number of aromatic nitrogens is 2. The lowest BCUT2D eigenvalue weighted by Gasteiger charge is -2.27. The van der Waals surface area contributed by atoms with Gasteiger partial charge in [0, 0.05) is 23.4 Å². The number of rotatable bonds is 10. The fourth-order valence-electron chi connectivity index (χ4n) is 4.83. The minimum atomic E-state index is -5.11. The number of halogens is 5. The molecule has 2 fully saturated rings. The van der Waals surface area contributed by atoms with E-state index in [-0.39, 0.29) is 35.3 Å². The van der Waals surface area contributed by atoms with Crippen LogP contribution in [-0.4, -0.2) is 39.6 Å². The maximum atomic E-state index is 15.0. The van der Waals surface area contributed by atoms with Gasteiger partial charge in [-0.25, -0.2) is 9.37 Å². The standard InChI is InChI=1S/C27H29F5N6O2/c1-13(2)35-19(9-10-33)25(39)38-23(21(14-3-4-14)15-5-6-15)26(40)37-20-8-7-16(24(29)36-20)17-11-34-12-18(28)22(17)27(30,31)32/h7-15,21,23H,3-6,33H2,1-2H3,(H,38,39)(H,36,37,40)/b10-9-,35-19?. The molecular formula is C27H29F5N6O2. The number of nitrogens with zero attached hydrogens (tertiary/aromatic N) is 3. The van der Waals surface area contributed by atoms with Crippen molar-refractivity contribution in [1.29, 1.82) is 0 Å². The van der Waals surface area contributed by atoms with E-state index in [2.05, 4.69) is 25.6 Å². The molecule has 0 aliphatic heterocycles. The topological polar surface area (TPSA) is 122 Å². The van der Waals surface area contributed by atoms with E-state index in [4.69, 9.17) is 5.73 Å². The van der Waals surface area contributed by atoms with Gasteiger partial charge < -0.3 is 16.4 Å². The molecule has 1 atom stereocenters. The second-order valence-corrected chi connectivity index (χ2v) is 10.2. The molecule has 2 aliphatic carbocycles. The fraction of sp³-hybridized carbons (Fsp3) is 0.444. The van der Waals surface area contributed by atoms with Crippen LogP contribution in [0.25, 0.3) is 11.1 Å². The number of nitrogens with one attached hydrogen (secondary N) is 2. The molecule has 0 radical (unpaired) electrons. The van der Waals surface area contributed by atoms with E-state index in [0.29, 0.717) is 12.4 Å². The number of amides is 2. The Hall–Kier alpha value is -3.90. The Morgan fingerprint density at radius 2 is 1.73 bits per heavy atom. The summed E-state index contributed by atoms with van der Waals surface area (Å²) in [4.78, 5) is 37.8. The van der Waals surface area contributed by atoms with E-state index in [1.54, 1.807) is 13.8 Å². The molecule has 2 heterocycles. The largest absolute Gasteiger partial charge is 0.419 e. The van der Waals surface area contributed by atoms with Gasteiger partial charge in [-0.15, -0.1) is 0 Å². The Kier molecular flexibility index (Phi) is 8.50. The fourth-order valence-corrected chi connectivity index (χ4v) is 4.83. The molecule has 0 spiro atoms. The number of carbonyl (C=O) groups is 2. The SMILES string of the molecule is CC(C)N=C(/C=C\N)C(=O)NC(C(=O)Nc1ccc(-c2cncc(F)c2C(F)(F)F)c(F)n1)C(C1CC1)C1CC1. The number of hydrogen-bond donors (Lipinski definition) is 3. The third kappa shape index (κ3) is 6.80. The molecule has 2 aromatic heterocycles. The third-order valence-corrected chi connectivity index (χ3v) is 6.74. The van der Waals surface area contributed by atoms with Crippen LogP contribution in [0.1, 0.15) is 45.1 Å². The molecule has 4 rings (SSSR count). The summed E-state index contributed by atoms with van der Waals surface area (Å²) in [5.41, 5.74) is 2.37. The van der Waals surface area contributed by atoms with Gasteiger partial charge in [0.2, 0.25) is 11.9 Å². The van der Waals surface area contributed by atoms with Crippen molar-refractivity contribution in [1.82, 2.24) is 15.3 Å². The molecule has 13 heteroatoms. The second kappa shape index (κ2) is 11.7. The Morgan fingerprint density at radius 3 is 2.25 bits per heavy atom. The van der Waals surface area contributed by atoms with Crippen molar-refractivity contribution < 1.29 is 31.5 Å². The van der Waals surface area contributed by atoms with Gasteiger partial charge in [-0.05, 0) is 81.7 Å². The van der Waals surface area contributed by atoms with Crippen LogP contribution < -0.4 is 16.4 Å². The summed E-state index contributed by atoms with van der Waals surface area (Å²) >= 11 is 0. The number of pyridine rings is 2. The maximum absolute atomic E-state index is 15.0. The van der Waals surface area contributed by atoms with Crippen LogP contribution in [0.2, 0.25) is 0 Å². The van der Waals surface area contributed by atoms with Gasteiger partial charge in [-0.2, -0.15) is 17.6 Å². The first-order chi connectivity index (χ1) is 18.9. The molecule has 2 aromatic rings. The van der Waals surface area contributed by atoms with E-state index >= 15 is 0 Å². The van der Waals surface area contributed by atoms with Crippen LogP contribution in [-0.2, 0) is 15.8 Å². The van der Waals surface area contributed by atoms with Crippen LogP contribution in [0.3, 0.4) is 0 Å². The highest BCUT2D eigenvalue weighted by Crippen LogP contribution is 2.51. The lowest BCUT2D eigenvalue weighted by molar-refractivity contribution is -0.139. The lowest BCUT2D eigenvalue weighted by Crippen LogP contribution is -2.51. The van der Waals surface area contributed by atoms with Crippen LogP contribution in [0, 0.1) is 29.5 Å². The van der Waals surface area contributed by atoms with Crippen LogP contribution in [0.5, 0.6) is 0 Å². The zero-order valence-electron chi connectivity index (χ0n) is 21.8. The van der Waals surface area contributed by atoms with E-state index in [1.807, 2.05) is 0 Å². The summed E-state index contributed by atoms with van der Waals surface area (Å²) in [5, 5.41) is 5.25. The van der Waals surface area contributed by atoms with E-state index in [1.165, 1.54) is 12.3 Å². The average molecular weight is 565 g/mol. The molecule has 214 valence electrons. The Bertz CT molecular complexity index is 1320. The summed E-state index contributed by atoms with van der Waals surface area (Å²) in [7, 11) is 0. The predicted molar refractivity (Wildman–Crippen MR) is 138 cm³/mol. The predicted octanol–water partition coefficient (Wildman–Crippen LogP) is 4.62.